The van der Waals surface area contributed by atoms with Gasteiger partial charge < -0.3 is 10.2 Å². The van der Waals surface area contributed by atoms with Crippen LogP contribution in [0.5, 0.6) is 11.5 Å². The predicted octanol–water partition coefficient (Wildman–Crippen LogP) is 4.98. The van der Waals surface area contributed by atoms with Gasteiger partial charge in [-0.15, -0.1) is 0 Å². The minimum absolute atomic E-state index is 0.0871. The highest BCUT2D eigenvalue weighted by Gasteiger charge is 2.27. The van der Waals surface area contributed by atoms with E-state index in [2.05, 4.69) is 13.8 Å². The normalized spacial score (nSPS) is 10.6. The number of carbonyl (C=O) groups is 2. The molecule has 0 saturated carbocycles. The highest BCUT2D eigenvalue weighted by molar-refractivity contribution is 5.99. The summed E-state index contributed by atoms with van der Waals surface area (Å²) >= 11 is 0. The first kappa shape index (κ1) is 23.3. The Kier molecular flexibility index (Phi) is 9.19. The van der Waals surface area contributed by atoms with Gasteiger partial charge in [0.2, 0.25) is 0 Å². The van der Waals surface area contributed by atoms with Gasteiger partial charge in [0.1, 0.15) is 11.5 Å². The Morgan fingerprint density at radius 2 is 0.967 bits per heavy atom. The van der Waals surface area contributed by atoms with Crippen LogP contribution >= 0.6 is 0 Å². The van der Waals surface area contributed by atoms with Crippen LogP contribution in [0.3, 0.4) is 0 Å². The third-order valence-corrected chi connectivity index (χ3v) is 4.94. The zero-order valence-electron chi connectivity index (χ0n) is 17.9. The number of rotatable bonds is 10. The highest BCUT2D eigenvalue weighted by atomic mass is 16.3. The molecule has 0 spiro atoms. The van der Waals surface area contributed by atoms with Crippen molar-refractivity contribution in [1.29, 1.82) is 0 Å². The molecule has 0 heterocycles. The quantitative estimate of drug-likeness (QED) is 0.426. The first-order valence-corrected chi connectivity index (χ1v) is 10.7. The van der Waals surface area contributed by atoms with Crippen LogP contribution < -0.4 is 0 Å². The number of amides is 2. The molecule has 6 nitrogen and oxygen atoms in total. The molecule has 0 aliphatic heterocycles. The lowest BCUT2D eigenvalue weighted by molar-refractivity contribution is -0.00505. The zero-order valence-corrected chi connectivity index (χ0v) is 17.9. The fourth-order valence-electron chi connectivity index (χ4n) is 3.19. The molecule has 0 fully saturated rings. The molecule has 0 atom stereocenters. The van der Waals surface area contributed by atoms with Gasteiger partial charge in [-0.1, -0.05) is 39.5 Å². The smallest absolute Gasteiger partial charge is 0.272 e. The van der Waals surface area contributed by atoms with Crippen LogP contribution in [0.4, 0.5) is 0 Å². The Hall–Kier alpha value is -3.02. The summed E-state index contributed by atoms with van der Waals surface area (Å²) in [6.45, 7) is 5.05. The Morgan fingerprint density at radius 3 is 1.27 bits per heavy atom. The summed E-state index contributed by atoms with van der Waals surface area (Å²) in [4.78, 5) is 26.6. The van der Waals surface area contributed by atoms with Crippen molar-refractivity contribution < 1.29 is 19.8 Å². The van der Waals surface area contributed by atoms with Crippen LogP contribution in [0, 0.1) is 0 Å². The molecule has 2 amide bonds. The Labute approximate surface area is 178 Å². The fraction of sp³-hybridized carbons (Fsp3) is 0.417. The molecule has 0 aromatic heterocycles. The number of phenolic OH excluding ortho intramolecular Hbond substituents is 2. The number of aromatic hydroxyl groups is 2. The van der Waals surface area contributed by atoms with Crippen molar-refractivity contribution >= 4 is 11.8 Å². The largest absolute Gasteiger partial charge is 0.508 e. The van der Waals surface area contributed by atoms with E-state index in [1.807, 2.05) is 0 Å². The highest BCUT2D eigenvalue weighted by Crippen LogP contribution is 2.18. The monoisotopic (exact) mass is 412 g/mol. The third-order valence-electron chi connectivity index (χ3n) is 4.94. The second-order valence-electron chi connectivity index (χ2n) is 7.36. The molecule has 2 aromatic rings. The van der Waals surface area contributed by atoms with Crippen molar-refractivity contribution in [3.8, 4) is 11.5 Å². The molecule has 0 saturated heterocycles. The van der Waals surface area contributed by atoms with Crippen LogP contribution in [0.1, 0.15) is 73.1 Å². The summed E-state index contributed by atoms with van der Waals surface area (Å²) in [6, 6.07) is 12.2. The fourth-order valence-corrected chi connectivity index (χ4v) is 3.19. The van der Waals surface area contributed by atoms with Crippen molar-refractivity contribution in [2.75, 3.05) is 13.1 Å². The van der Waals surface area contributed by atoms with Gasteiger partial charge >= 0.3 is 0 Å². The summed E-state index contributed by atoms with van der Waals surface area (Å²) in [5.41, 5.74) is 0.839. The molecule has 2 rings (SSSR count). The number of phenols is 2. The summed E-state index contributed by atoms with van der Waals surface area (Å²) in [7, 11) is 0. The van der Waals surface area contributed by atoms with Crippen molar-refractivity contribution in [2.45, 2.75) is 52.4 Å². The van der Waals surface area contributed by atoms with E-state index in [9.17, 15) is 19.8 Å². The molecular weight excluding hydrogens is 380 g/mol. The number of hydrazine groups is 1. The lowest BCUT2D eigenvalue weighted by atomic mass is 10.1. The van der Waals surface area contributed by atoms with Crippen LogP contribution in [-0.2, 0) is 0 Å². The Bertz CT molecular complexity index is 733. The summed E-state index contributed by atoms with van der Waals surface area (Å²) < 4.78 is 0. The van der Waals surface area contributed by atoms with Crippen molar-refractivity contribution in [3.05, 3.63) is 59.7 Å². The summed E-state index contributed by atoms with van der Waals surface area (Å²) in [5, 5.41) is 22.2. The molecule has 2 aromatic carbocycles. The molecule has 2 N–H and O–H groups in total. The summed E-state index contributed by atoms with van der Waals surface area (Å²) in [6.07, 6.45) is 5.48. The second kappa shape index (κ2) is 11.9. The SMILES string of the molecule is CCCCCN(C(=O)c1ccc(O)cc1)N(CCCCC)C(=O)c1ccc(O)cc1. The van der Waals surface area contributed by atoms with E-state index in [1.165, 1.54) is 34.3 Å². The maximum absolute atomic E-state index is 13.3. The predicted molar refractivity (Wildman–Crippen MR) is 117 cm³/mol. The Balaban J connectivity index is 2.36. The first-order chi connectivity index (χ1) is 14.5. The number of hydrogen-bond acceptors (Lipinski definition) is 4. The van der Waals surface area contributed by atoms with Gasteiger partial charge in [-0.3, -0.25) is 9.59 Å². The Morgan fingerprint density at radius 1 is 0.633 bits per heavy atom. The number of unbranched alkanes of at least 4 members (excludes halogenated alkanes) is 4. The van der Waals surface area contributed by atoms with Gasteiger partial charge in [0.25, 0.3) is 11.8 Å². The molecule has 30 heavy (non-hydrogen) atoms. The molecule has 0 bridgehead atoms. The molecule has 0 radical (unpaired) electrons. The third kappa shape index (κ3) is 6.51. The zero-order chi connectivity index (χ0) is 21.9. The van der Waals surface area contributed by atoms with E-state index in [-0.39, 0.29) is 23.3 Å². The number of carbonyl (C=O) groups excluding carboxylic acids is 2. The van der Waals surface area contributed by atoms with Crippen molar-refractivity contribution in [2.24, 2.45) is 0 Å². The molecule has 0 unspecified atom stereocenters. The van der Waals surface area contributed by atoms with Crippen LogP contribution in [0.25, 0.3) is 0 Å². The van der Waals surface area contributed by atoms with Gasteiger partial charge in [-0.2, -0.15) is 0 Å². The number of nitrogens with zero attached hydrogens (tertiary/aromatic N) is 2. The standard InChI is InChI=1S/C24H32N2O4/c1-3-5-7-17-25(23(29)19-9-13-21(27)14-10-19)26(18-8-6-4-2)24(30)20-11-15-22(28)16-12-20/h9-16,27-28H,3-8,17-18H2,1-2H3. The lowest BCUT2D eigenvalue weighted by Gasteiger charge is -2.35. The number of hydrogen-bond donors (Lipinski definition) is 2. The maximum Gasteiger partial charge on any atom is 0.272 e. The molecule has 0 aliphatic rings. The van der Waals surface area contributed by atoms with E-state index in [4.69, 9.17) is 0 Å². The maximum atomic E-state index is 13.3. The van der Waals surface area contributed by atoms with Crippen LogP contribution in [-0.4, -0.2) is 45.1 Å². The van der Waals surface area contributed by atoms with Crippen LogP contribution in [0.2, 0.25) is 0 Å². The van der Waals surface area contributed by atoms with E-state index < -0.39 is 0 Å². The molecule has 0 aliphatic carbocycles. The average Bonchev–Trinajstić information content (AvgIpc) is 2.75. The van der Waals surface area contributed by atoms with E-state index in [1.54, 1.807) is 24.3 Å². The van der Waals surface area contributed by atoms with Gasteiger partial charge in [0, 0.05) is 24.2 Å². The molecule has 6 heteroatoms. The van der Waals surface area contributed by atoms with Gasteiger partial charge in [0.15, 0.2) is 0 Å². The van der Waals surface area contributed by atoms with E-state index >= 15 is 0 Å². The first-order valence-electron chi connectivity index (χ1n) is 10.7. The topological polar surface area (TPSA) is 81.1 Å². The van der Waals surface area contributed by atoms with Crippen LogP contribution in [0.15, 0.2) is 48.5 Å². The van der Waals surface area contributed by atoms with Crippen molar-refractivity contribution in [3.63, 3.8) is 0 Å². The van der Waals surface area contributed by atoms with E-state index in [0.29, 0.717) is 24.2 Å². The minimum atomic E-state index is -0.269. The molecular formula is C24H32N2O4. The van der Waals surface area contributed by atoms with E-state index in [0.717, 1.165) is 38.5 Å². The van der Waals surface area contributed by atoms with Crippen molar-refractivity contribution in [1.82, 2.24) is 10.0 Å². The lowest BCUT2D eigenvalue weighted by Crippen LogP contribution is -2.50. The van der Waals surface area contributed by atoms with Gasteiger partial charge in [0.05, 0.1) is 0 Å². The number of benzene rings is 2. The van der Waals surface area contributed by atoms with Gasteiger partial charge in [-0.05, 0) is 61.4 Å². The van der Waals surface area contributed by atoms with Gasteiger partial charge in [-0.25, -0.2) is 10.0 Å². The minimum Gasteiger partial charge on any atom is -0.508 e. The average molecular weight is 413 g/mol. The summed E-state index contributed by atoms with van der Waals surface area (Å²) in [5.74, 6) is -0.363. The second-order valence-corrected chi connectivity index (χ2v) is 7.36. The molecule has 162 valence electrons.